The fraction of sp³-hybridized carbons (Fsp3) is 0.300. The van der Waals surface area contributed by atoms with Gasteiger partial charge in [0.15, 0.2) is 0 Å². The number of carbonyl (C=O) groups is 1. The van der Waals surface area contributed by atoms with E-state index >= 15 is 0 Å². The van der Waals surface area contributed by atoms with E-state index in [1.807, 2.05) is 45.0 Å². The molecule has 0 atom stereocenters. The summed E-state index contributed by atoms with van der Waals surface area (Å²) in [5.74, 6) is 0.598. The maximum Gasteiger partial charge on any atom is 0.270 e. The van der Waals surface area contributed by atoms with Gasteiger partial charge in [-0.15, -0.1) is 0 Å². The number of likely N-dealkylation sites (N-methyl/N-ethyl adjacent to an activating group) is 1. The van der Waals surface area contributed by atoms with Gasteiger partial charge in [-0.3, -0.25) is 14.2 Å². The van der Waals surface area contributed by atoms with Gasteiger partial charge in [-0.1, -0.05) is 18.2 Å². The Balaban J connectivity index is 2.49. The minimum absolute atomic E-state index is 0.174. The number of pyridine rings is 1. The third kappa shape index (κ3) is 4.59. The molecule has 0 spiro atoms. The molecule has 5 nitrogen and oxygen atoms in total. The standard InChI is InChI=1S/C20H24N2O3/c1-4-21(5-2)20(24)18(22-14-8-7-9-19(22)23)15-16-10-12-17(13-11-16)25-6-3/h7-15H,4-6H2,1-3H3. The second-order valence-electron chi connectivity index (χ2n) is 5.42. The van der Waals surface area contributed by atoms with Crippen molar-refractivity contribution in [2.24, 2.45) is 0 Å². The Hall–Kier alpha value is -2.82. The first-order valence-electron chi connectivity index (χ1n) is 8.52. The first kappa shape index (κ1) is 18.5. The fourth-order valence-electron chi connectivity index (χ4n) is 2.52. The van der Waals surface area contributed by atoms with Gasteiger partial charge in [-0.2, -0.15) is 0 Å². The lowest BCUT2D eigenvalue weighted by molar-refractivity contribution is -0.125. The van der Waals surface area contributed by atoms with Crippen molar-refractivity contribution >= 4 is 17.7 Å². The van der Waals surface area contributed by atoms with E-state index < -0.39 is 0 Å². The zero-order valence-electron chi connectivity index (χ0n) is 14.9. The number of hydrogen-bond donors (Lipinski definition) is 0. The lowest BCUT2D eigenvalue weighted by Crippen LogP contribution is -2.35. The predicted molar refractivity (Wildman–Crippen MR) is 100 cm³/mol. The molecule has 0 unspecified atom stereocenters. The van der Waals surface area contributed by atoms with Crippen LogP contribution in [-0.4, -0.2) is 35.1 Å². The number of ether oxygens (including phenoxy) is 1. The number of benzene rings is 1. The second-order valence-corrected chi connectivity index (χ2v) is 5.42. The van der Waals surface area contributed by atoms with Gasteiger partial charge >= 0.3 is 0 Å². The molecule has 0 bridgehead atoms. The number of hydrogen-bond acceptors (Lipinski definition) is 3. The fourth-order valence-corrected chi connectivity index (χ4v) is 2.52. The van der Waals surface area contributed by atoms with Crippen LogP contribution in [0.2, 0.25) is 0 Å². The summed E-state index contributed by atoms with van der Waals surface area (Å²) in [6.07, 6.45) is 3.35. The number of amides is 1. The highest BCUT2D eigenvalue weighted by molar-refractivity contribution is 6.18. The van der Waals surface area contributed by atoms with Gasteiger partial charge in [-0.05, 0) is 50.6 Å². The molecule has 0 fully saturated rings. The van der Waals surface area contributed by atoms with Crippen LogP contribution in [-0.2, 0) is 4.79 Å². The van der Waals surface area contributed by atoms with Crippen molar-refractivity contribution in [2.75, 3.05) is 19.7 Å². The molecule has 0 aliphatic rings. The van der Waals surface area contributed by atoms with Crippen molar-refractivity contribution < 1.29 is 9.53 Å². The number of nitrogens with zero attached hydrogens (tertiary/aromatic N) is 2. The lowest BCUT2D eigenvalue weighted by atomic mass is 10.1. The lowest BCUT2D eigenvalue weighted by Gasteiger charge is -2.21. The van der Waals surface area contributed by atoms with E-state index in [-0.39, 0.29) is 11.5 Å². The Morgan fingerprint density at radius 1 is 1.08 bits per heavy atom. The van der Waals surface area contributed by atoms with Crippen LogP contribution in [0.15, 0.2) is 53.5 Å². The highest BCUT2D eigenvalue weighted by atomic mass is 16.5. The maximum atomic E-state index is 12.9. The molecule has 0 aliphatic heterocycles. The first-order chi connectivity index (χ1) is 12.1. The van der Waals surface area contributed by atoms with Crippen LogP contribution in [0, 0.1) is 0 Å². The minimum Gasteiger partial charge on any atom is -0.494 e. The molecular weight excluding hydrogens is 316 g/mol. The van der Waals surface area contributed by atoms with Crippen molar-refractivity contribution in [3.8, 4) is 5.75 Å². The molecule has 2 rings (SSSR count). The van der Waals surface area contributed by atoms with Gasteiger partial charge in [0.25, 0.3) is 11.5 Å². The van der Waals surface area contributed by atoms with E-state index in [1.54, 1.807) is 29.3 Å². The van der Waals surface area contributed by atoms with Crippen LogP contribution >= 0.6 is 0 Å². The van der Waals surface area contributed by atoms with Gasteiger partial charge in [0.05, 0.1) is 6.61 Å². The summed E-state index contributed by atoms with van der Waals surface area (Å²) in [6, 6.07) is 12.3. The van der Waals surface area contributed by atoms with Gasteiger partial charge < -0.3 is 9.64 Å². The highest BCUT2D eigenvalue weighted by Crippen LogP contribution is 2.17. The topological polar surface area (TPSA) is 51.5 Å². The second kappa shape index (κ2) is 8.87. The van der Waals surface area contributed by atoms with E-state index in [0.29, 0.717) is 25.4 Å². The Kier molecular flexibility index (Phi) is 6.57. The van der Waals surface area contributed by atoms with Crippen molar-refractivity contribution in [3.05, 3.63) is 64.6 Å². The molecule has 0 N–H and O–H groups in total. The normalized spacial score (nSPS) is 11.2. The molecule has 1 aromatic heterocycles. The average molecular weight is 340 g/mol. The van der Waals surface area contributed by atoms with E-state index in [4.69, 9.17) is 4.74 Å². The van der Waals surface area contributed by atoms with Crippen LogP contribution < -0.4 is 10.3 Å². The monoisotopic (exact) mass is 340 g/mol. The molecule has 0 saturated carbocycles. The van der Waals surface area contributed by atoms with Crippen molar-refractivity contribution in [1.82, 2.24) is 9.47 Å². The van der Waals surface area contributed by atoms with Gasteiger partial charge in [0, 0.05) is 25.4 Å². The summed E-state index contributed by atoms with van der Waals surface area (Å²) in [4.78, 5) is 26.8. The van der Waals surface area contributed by atoms with Crippen LogP contribution in [0.3, 0.4) is 0 Å². The molecule has 1 amide bonds. The summed E-state index contributed by atoms with van der Waals surface area (Å²) in [6.45, 7) is 7.53. The molecule has 0 aliphatic carbocycles. The molecule has 0 saturated heterocycles. The number of aromatic nitrogens is 1. The molecular formula is C20H24N2O3. The van der Waals surface area contributed by atoms with Gasteiger partial charge in [0.2, 0.25) is 0 Å². The quantitative estimate of drug-likeness (QED) is 0.728. The van der Waals surface area contributed by atoms with Crippen molar-refractivity contribution in [3.63, 3.8) is 0 Å². The van der Waals surface area contributed by atoms with E-state index in [2.05, 4.69) is 0 Å². The Morgan fingerprint density at radius 2 is 1.76 bits per heavy atom. The zero-order valence-corrected chi connectivity index (χ0v) is 14.9. The SMILES string of the molecule is CCOc1ccc(C=C(C(=O)N(CC)CC)n2ccccc2=O)cc1. The molecule has 5 heteroatoms. The molecule has 25 heavy (non-hydrogen) atoms. The van der Waals surface area contributed by atoms with Gasteiger partial charge in [0.1, 0.15) is 11.4 Å². The highest BCUT2D eigenvalue weighted by Gasteiger charge is 2.18. The van der Waals surface area contributed by atoms with Crippen LogP contribution in [0.1, 0.15) is 26.3 Å². The summed E-state index contributed by atoms with van der Waals surface area (Å²) in [7, 11) is 0. The summed E-state index contributed by atoms with van der Waals surface area (Å²) < 4.78 is 6.83. The molecule has 132 valence electrons. The molecule has 0 radical (unpaired) electrons. The van der Waals surface area contributed by atoms with Crippen molar-refractivity contribution in [1.29, 1.82) is 0 Å². The van der Waals surface area contributed by atoms with Crippen molar-refractivity contribution in [2.45, 2.75) is 20.8 Å². The van der Waals surface area contributed by atoms with Crippen LogP contribution in [0.25, 0.3) is 11.8 Å². The maximum absolute atomic E-state index is 12.9. The first-order valence-corrected chi connectivity index (χ1v) is 8.52. The summed E-state index contributed by atoms with van der Waals surface area (Å²) in [5, 5.41) is 0. The van der Waals surface area contributed by atoms with Crippen LogP contribution in [0.4, 0.5) is 0 Å². The largest absolute Gasteiger partial charge is 0.494 e. The third-order valence-corrected chi connectivity index (χ3v) is 3.85. The number of rotatable bonds is 7. The van der Waals surface area contributed by atoms with Gasteiger partial charge in [-0.25, -0.2) is 0 Å². The smallest absolute Gasteiger partial charge is 0.270 e. The molecule has 1 heterocycles. The molecule has 2 aromatic rings. The van der Waals surface area contributed by atoms with Crippen LogP contribution in [0.5, 0.6) is 5.75 Å². The Morgan fingerprint density at radius 3 is 2.32 bits per heavy atom. The van der Waals surface area contributed by atoms with E-state index in [0.717, 1.165) is 11.3 Å². The average Bonchev–Trinajstić information content (AvgIpc) is 2.63. The predicted octanol–water partition coefficient (Wildman–Crippen LogP) is 3.11. The van der Waals surface area contributed by atoms with E-state index in [1.165, 1.54) is 10.6 Å². The summed E-state index contributed by atoms with van der Waals surface area (Å²) in [5.41, 5.74) is 0.924. The van der Waals surface area contributed by atoms with E-state index in [9.17, 15) is 9.59 Å². The molecule has 1 aromatic carbocycles. The zero-order chi connectivity index (χ0) is 18.2. The Bertz CT molecular complexity index is 787. The third-order valence-electron chi connectivity index (χ3n) is 3.85. The minimum atomic E-state index is -0.236. The number of carbonyl (C=O) groups excluding carboxylic acids is 1. The summed E-state index contributed by atoms with van der Waals surface area (Å²) >= 11 is 0. The Labute approximate surface area is 148 Å².